The molecular weight excluding hydrogens is 220 g/mol. The van der Waals surface area contributed by atoms with Crippen LogP contribution in [0.25, 0.3) is 0 Å². The maximum atomic E-state index is 11.8. The average molecular weight is 244 g/mol. The van der Waals surface area contributed by atoms with Crippen molar-refractivity contribution >= 4 is 5.91 Å². The Kier molecular flexibility index (Phi) is 7.16. The van der Waals surface area contributed by atoms with Crippen LogP contribution in [-0.2, 0) is 14.3 Å². The van der Waals surface area contributed by atoms with Gasteiger partial charge in [0.2, 0.25) is 5.91 Å². The predicted octanol–water partition coefficient (Wildman–Crippen LogP) is 0.598. The number of nitrogens with zero attached hydrogens (tertiary/aromatic N) is 1. The molecule has 0 aromatic heterocycles. The topological polar surface area (TPSA) is 50.8 Å². The number of hydrogen-bond acceptors (Lipinski definition) is 4. The van der Waals surface area contributed by atoms with Gasteiger partial charge in [0, 0.05) is 20.3 Å². The number of amides is 1. The van der Waals surface area contributed by atoms with Gasteiger partial charge >= 0.3 is 0 Å². The van der Waals surface area contributed by atoms with E-state index < -0.39 is 0 Å². The van der Waals surface area contributed by atoms with Gasteiger partial charge in [-0.05, 0) is 19.3 Å². The number of nitrogens with one attached hydrogen (secondary N) is 1. The fourth-order valence-electron chi connectivity index (χ4n) is 1.87. The molecule has 0 aliphatic carbocycles. The summed E-state index contributed by atoms with van der Waals surface area (Å²) in [4.78, 5) is 13.6. The fourth-order valence-corrected chi connectivity index (χ4v) is 1.87. The first-order valence-corrected chi connectivity index (χ1v) is 6.38. The molecule has 17 heavy (non-hydrogen) atoms. The van der Waals surface area contributed by atoms with E-state index in [4.69, 9.17) is 9.47 Å². The average Bonchev–Trinajstić information content (AvgIpc) is 2.69. The van der Waals surface area contributed by atoms with Crippen LogP contribution in [0.2, 0.25) is 0 Å². The summed E-state index contributed by atoms with van der Waals surface area (Å²) in [6.07, 6.45) is 2.86. The highest BCUT2D eigenvalue weighted by Gasteiger charge is 2.28. The second kappa shape index (κ2) is 8.44. The monoisotopic (exact) mass is 244 g/mol. The number of hydrogen-bond donors (Lipinski definition) is 1. The van der Waals surface area contributed by atoms with Crippen molar-refractivity contribution in [3.63, 3.8) is 0 Å². The van der Waals surface area contributed by atoms with Crippen LogP contribution < -0.4 is 5.32 Å². The Morgan fingerprint density at radius 3 is 2.82 bits per heavy atom. The van der Waals surface area contributed by atoms with Crippen molar-refractivity contribution < 1.29 is 14.3 Å². The Bertz CT molecular complexity index is 224. The Labute approximate surface area is 103 Å². The molecule has 1 aliphatic rings. The van der Waals surface area contributed by atoms with Crippen LogP contribution in [0.5, 0.6) is 0 Å². The van der Waals surface area contributed by atoms with Crippen molar-refractivity contribution in [1.29, 1.82) is 0 Å². The lowest BCUT2D eigenvalue weighted by Crippen LogP contribution is -2.30. The fraction of sp³-hybridized carbons (Fsp3) is 0.917. The first-order chi connectivity index (χ1) is 8.29. The van der Waals surface area contributed by atoms with E-state index in [-0.39, 0.29) is 11.9 Å². The van der Waals surface area contributed by atoms with Crippen LogP contribution in [0.15, 0.2) is 0 Å². The van der Waals surface area contributed by atoms with Gasteiger partial charge in [0.1, 0.15) is 0 Å². The molecule has 1 fully saturated rings. The highest BCUT2D eigenvalue weighted by molar-refractivity contribution is 5.83. The standard InChI is InChI=1S/C12H24N2O3/c1-3-11-12(15)14(10-13-11)6-4-5-7-17-9-8-16-2/h11,13H,3-10H2,1-2H3. The van der Waals surface area contributed by atoms with E-state index in [1.54, 1.807) is 7.11 Å². The highest BCUT2D eigenvalue weighted by Crippen LogP contribution is 2.07. The predicted molar refractivity (Wildman–Crippen MR) is 65.7 cm³/mol. The minimum Gasteiger partial charge on any atom is -0.382 e. The van der Waals surface area contributed by atoms with E-state index in [9.17, 15) is 4.79 Å². The summed E-state index contributed by atoms with van der Waals surface area (Å²) in [5, 5.41) is 3.20. The second-order valence-electron chi connectivity index (χ2n) is 4.24. The van der Waals surface area contributed by atoms with Gasteiger partial charge in [0.15, 0.2) is 0 Å². The van der Waals surface area contributed by atoms with Crippen LogP contribution in [0, 0.1) is 0 Å². The first-order valence-electron chi connectivity index (χ1n) is 6.38. The van der Waals surface area contributed by atoms with Gasteiger partial charge in [0.25, 0.3) is 0 Å². The van der Waals surface area contributed by atoms with Crippen molar-refractivity contribution in [3.05, 3.63) is 0 Å². The lowest BCUT2D eigenvalue weighted by molar-refractivity contribution is -0.129. The smallest absolute Gasteiger partial charge is 0.240 e. The summed E-state index contributed by atoms with van der Waals surface area (Å²) >= 11 is 0. The summed E-state index contributed by atoms with van der Waals surface area (Å²) < 4.78 is 10.2. The zero-order valence-corrected chi connectivity index (χ0v) is 10.9. The quantitative estimate of drug-likeness (QED) is 0.603. The second-order valence-corrected chi connectivity index (χ2v) is 4.24. The molecule has 0 bridgehead atoms. The van der Waals surface area contributed by atoms with Crippen LogP contribution in [0.4, 0.5) is 0 Å². The molecule has 1 unspecified atom stereocenters. The zero-order chi connectivity index (χ0) is 12.5. The normalized spacial score (nSPS) is 20.2. The van der Waals surface area contributed by atoms with Gasteiger partial charge in [-0.3, -0.25) is 10.1 Å². The summed E-state index contributed by atoms with van der Waals surface area (Å²) in [6.45, 7) is 5.60. The summed E-state index contributed by atoms with van der Waals surface area (Å²) in [7, 11) is 1.67. The Morgan fingerprint density at radius 2 is 2.18 bits per heavy atom. The van der Waals surface area contributed by atoms with E-state index in [0.29, 0.717) is 19.9 Å². The summed E-state index contributed by atoms with van der Waals surface area (Å²) in [5.41, 5.74) is 0. The Morgan fingerprint density at radius 1 is 1.35 bits per heavy atom. The molecular formula is C12H24N2O3. The molecule has 1 rings (SSSR count). The number of carbonyl (C=O) groups is 1. The van der Waals surface area contributed by atoms with Crippen molar-refractivity contribution in [2.45, 2.75) is 32.2 Å². The third kappa shape index (κ3) is 5.02. The van der Waals surface area contributed by atoms with Crippen LogP contribution in [-0.4, -0.2) is 57.0 Å². The first kappa shape index (κ1) is 14.4. The molecule has 1 heterocycles. The molecule has 5 heteroatoms. The minimum atomic E-state index is 0.0351. The molecule has 1 amide bonds. The lowest BCUT2D eigenvalue weighted by Gasteiger charge is -2.14. The van der Waals surface area contributed by atoms with Crippen molar-refractivity contribution in [2.75, 3.05) is 40.1 Å². The molecule has 0 spiro atoms. The molecule has 100 valence electrons. The van der Waals surface area contributed by atoms with E-state index in [2.05, 4.69) is 5.32 Å². The number of ether oxygens (including phenoxy) is 2. The van der Waals surface area contributed by atoms with Crippen molar-refractivity contribution in [3.8, 4) is 0 Å². The van der Waals surface area contributed by atoms with Crippen LogP contribution >= 0.6 is 0 Å². The SMILES string of the molecule is CCC1NCN(CCCCOCCOC)C1=O. The van der Waals surface area contributed by atoms with E-state index in [1.807, 2.05) is 11.8 Å². The maximum Gasteiger partial charge on any atom is 0.240 e. The molecule has 1 aliphatic heterocycles. The molecule has 0 aromatic rings. The number of unbranched alkanes of at least 4 members (excludes halogenated alkanes) is 1. The largest absolute Gasteiger partial charge is 0.382 e. The van der Waals surface area contributed by atoms with Gasteiger partial charge in [-0.15, -0.1) is 0 Å². The van der Waals surface area contributed by atoms with E-state index >= 15 is 0 Å². The third-order valence-corrected chi connectivity index (χ3v) is 2.95. The van der Waals surface area contributed by atoms with E-state index in [0.717, 1.165) is 32.4 Å². The number of carbonyl (C=O) groups excluding carboxylic acids is 1. The van der Waals surface area contributed by atoms with Gasteiger partial charge in [-0.1, -0.05) is 6.92 Å². The van der Waals surface area contributed by atoms with Gasteiger partial charge < -0.3 is 14.4 Å². The van der Waals surface area contributed by atoms with Gasteiger partial charge in [0.05, 0.1) is 25.9 Å². The Balaban J connectivity index is 1.98. The lowest BCUT2D eigenvalue weighted by atomic mass is 10.2. The van der Waals surface area contributed by atoms with Crippen LogP contribution in [0.3, 0.4) is 0 Å². The van der Waals surface area contributed by atoms with Crippen molar-refractivity contribution in [2.24, 2.45) is 0 Å². The van der Waals surface area contributed by atoms with Gasteiger partial charge in [-0.2, -0.15) is 0 Å². The Hall–Kier alpha value is -0.650. The highest BCUT2D eigenvalue weighted by atomic mass is 16.5. The third-order valence-electron chi connectivity index (χ3n) is 2.95. The molecule has 0 radical (unpaired) electrons. The maximum absolute atomic E-state index is 11.8. The van der Waals surface area contributed by atoms with E-state index in [1.165, 1.54) is 0 Å². The van der Waals surface area contributed by atoms with Crippen molar-refractivity contribution in [1.82, 2.24) is 10.2 Å². The molecule has 1 saturated heterocycles. The number of methoxy groups -OCH3 is 1. The summed E-state index contributed by atoms with van der Waals surface area (Å²) in [6, 6.07) is 0.0351. The molecule has 1 N–H and O–H groups in total. The molecule has 0 aromatic carbocycles. The minimum absolute atomic E-state index is 0.0351. The van der Waals surface area contributed by atoms with Crippen LogP contribution in [0.1, 0.15) is 26.2 Å². The zero-order valence-electron chi connectivity index (χ0n) is 10.9. The number of rotatable bonds is 9. The molecule has 0 saturated carbocycles. The molecule has 5 nitrogen and oxygen atoms in total. The molecule has 1 atom stereocenters. The summed E-state index contributed by atoms with van der Waals surface area (Å²) in [5.74, 6) is 0.243. The van der Waals surface area contributed by atoms with Gasteiger partial charge in [-0.25, -0.2) is 0 Å².